The van der Waals surface area contributed by atoms with Gasteiger partial charge in [-0.15, -0.1) is 11.8 Å². The lowest BCUT2D eigenvalue weighted by atomic mass is 10.2. The van der Waals surface area contributed by atoms with E-state index in [1.807, 2.05) is 11.8 Å². The van der Waals surface area contributed by atoms with Gasteiger partial charge in [0.1, 0.15) is 0 Å². The van der Waals surface area contributed by atoms with Crippen molar-refractivity contribution in [3.63, 3.8) is 0 Å². The van der Waals surface area contributed by atoms with Crippen molar-refractivity contribution in [2.24, 2.45) is 11.8 Å². The largest absolute Gasteiger partial charge is 0.354 e. The zero-order chi connectivity index (χ0) is 11.0. The van der Waals surface area contributed by atoms with Crippen LogP contribution >= 0.6 is 11.8 Å². The van der Waals surface area contributed by atoms with E-state index in [0.29, 0.717) is 11.8 Å². The first kappa shape index (κ1) is 14.3. The second kappa shape index (κ2) is 8.57. The first-order chi connectivity index (χ1) is 6.56. The minimum absolute atomic E-state index is 0.171. The van der Waals surface area contributed by atoms with Gasteiger partial charge in [-0.2, -0.15) is 0 Å². The van der Waals surface area contributed by atoms with Crippen molar-refractivity contribution < 1.29 is 4.74 Å². The van der Waals surface area contributed by atoms with Crippen molar-refractivity contribution in [3.8, 4) is 0 Å². The summed E-state index contributed by atoms with van der Waals surface area (Å²) >= 11 is 1.83. The number of hydrogen-bond acceptors (Lipinski definition) is 3. The zero-order valence-corrected chi connectivity index (χ0v) is 11.0. The molecule has 1 atom stereocenters. The maximum atomic E-state index is 5.75. The highest BCUT2D eigenvalue weighted by molar-refractivity contribution is 7.99. The zero-order valence-electron chi connectivity index (χ0n) is 10.2. The summed E-state index contributed by atoms with van der Waals surface area (Å²) in [6.45, 7) is 12.8. The highest BCUT2D eigenvalue weighted by Crippen LogP contribution is 2.10. The Morgan fingerprint density at radius 2 is 1.79 bits per heavy atom. The number of ether oxygens (including phenoxy) is 1. The summed E-state index contributed by atoms with van der Waals surface area (Å²) in [7, 11) is 0. The summed E-state index contributed by atoms with van der Waals surface area (Å²) in [5.41, 5.74) is 0.171. The second-order valence-electron chi connectivity index (χ2n) is 4.32. The van der Waals surface area contributed by atoms with Crippen LogP contribution in [0.4, 0.5) is 0 Å². The standard InChI is InChI=1S/C11H25NOS/c1-6-14-11(12-7-9(2)3)13-8-10(4)5/h9-12H,6-8H2,1-5H3. The summed E-state index contributed by atoms with van der Waals surface area (Å²) in [5, 5.41) is 3.42. The van der Waals surface area contributed by atoms with Gasteiger partial charge in [0, 0.05) is 6.54 Å². The minimum atomic E-state index is 0.171. The fourth-order valence-electron chi connectivity index (χ4n) is 0.929. The van der Waals surface area contributed by atoms with Crippen molar-refractivity contribution in [3.05, 3.63) is 0 Å². The highest BCUT2D eigenvalue weighted by Gasteiger charge is 2.08. The van der Waals surface area contributed by atoms with Crippen molar-refractivity contribution in [1.29, 1.82) is 0 Å². The third kappa shape index (κ3) is 8.85. The minimum Gasteiger partial charge on any atom is -0.354 e. The Morgan fingerprint density at radius 3 is 2.21 bits per heavy atom. The highest BCUT2D eigenvalue weighted by atomic mass is 32.2. The molecule has 14 heavy (non-hydrogen) atoms. The topological polar surface area (TPSA) is 21.3 Å². The predicted octanol–water partition coefficient (Wildman–Crippen LogP) is 2.94. The molecule has 0 radical (unpaired) electrons. The van der Waals surface area contributed by atoms with Gasteiger partial charge in [0.2, 0.25) is 0 Å². The molecule has 0 aliphatic heterocycles. The average molecular weight is 219 g/mol. The molecule has 0 aromatic heterocycles. The van der Waals surface area contributed by atoms with Gasteiger partial charge < -0.3 is 4.74 Å². The van der Waals surface area contributed by atoms with Crippen molar-refractivity contribution >= 4 is 11.8 Å². The van der Waals surface area contributed by atoms with Gasteiger partial charge in [0.25, 0.3) is 0 Å². The van der Waals surface area contributed by atoms with Crippen molar-refractivity contribution in [1.82, 2.24) is 5.32 Å². The predicted molar refractivity (Wildman–Crippen MR) is 65.6 cm³/mol. The molecule has 0 rings (SSSR count). The number of thioether (sulfide) groups is 1. The van der Waals surface area contributed by atoms with Crippen LogP contribution < -0.4 is 5.32 Å². The quantitative estimate of drug-likeness (QED) is 0.634. The third-order valence-electron chi connectivity index (χ3n) is 1.59. The van der Waals surface area contributed by atoms with Gasteiger partial charge in [0.15, 0.2) is 5.56 Å². The Balaban J connectivity index is 3.65. The first-order valence-electron chi connectivity index (χ1n) is 5.52. The van der Waals surface area contributed by atoms with Crippen LogP contribution in [0.1, 0.15) is 34.6 Å². The number of rotatable bonds is 8. The molecular formula is C11H25NOS. The summed E-state index contributed by atoms with van der Waals surface area (Å²) in [4.78, 5) is 0. The first-order valence-corrected chi connectivity index (χ1v) is 6.57. The van der Waals surface area contributed by atoms with E-state index in [9.17, 15) is 0 Å². The van der Waals surface area contributed by atoms with Crippen molar-refractivity contribution in [2.45, 2.75) is 40.2 Å². The van der Waals surface area contributed by atoms with E-state index in [-0.39, 0.29) is 5.56 Å². The monoisotopic (exact) mass is 219 g/mol. The number of hydrogen-bond donors (Lipinski definition) is 1. The van der Waals surface area contributed by atoms with Crippen LogP contribution in [-0.4, -0.2) is 24.5 Å². The second-order valence-corrected chi connectivity index (χ2v) is 5.66. The Hall–Kier alpha value is 0.270. The summed E-state index contributed by atoms with van der Waals surface area (Å²) in [6.07, 6.45) is 0. The molecule has 3 heteroatoms. The fourth-order valence-corrected chi connectivity index (χ4v) is 1.62. The van der Waals surface area contributed by atoms with E-state index in [1.54, 1.807) is 0 Å². The van der Waals surface area contributed by atoms with E-state index < -0.39 is 0 Å². The van der Waals surface area contributed by atoms with Crippen LogP contribution in [0, 0.1) is 11.8 Å². The van der Waals surface area contributed by atoms with Gasteiger partial charge >= 0.3 is 0 Å². The summed E-state index contributed by atoms with van der Waals surface area (Å²) < 4.78 is 5.75. The third-order valence-corrected chi connectivity index (χ3v) is 2.53. The van der Waals surface area contributed by atoms with Gasteiger partial charge in [-0.05, 0) is 17.6 Å². The van der Waals surface area contributed by atoms with Gasteiger partial charge in [-0.25, -0.2) is 0 Å². The van der Waals surface area contributed by atoms with E-state index in [4.69, 9.17) is 4.74 Å². The lowest BCUT2D eigenvalue weighted by Crippen LogP contribution is -2.33. The molecule has 0 saturated carbocycles. The van der Waals surface area contributed by atoms with Crippen LogP contribution in [0.5, 0.6) is 0 Å². The molecule has 0 aromatic carbocycles. The van der Waals surface area contributed by atoms with Crippen LogP contribution in [0.3, 0.4) is 0 Å². The summed E-state index contributed by atoms with van der Waals surface area (Å²) in [6, 6.07) is 0. The van der Waals surface area contributed by atoms with Gasteiger partial charge in [-0.1, -0.05) is 34.6 Å². The fraction of sp³-hybridized carbons (Fsp3) is 1.00. The molecule has 0 fully saturated rings. The maximum absolute atomic E-state index is 5.75. The molecule has 1 N–H and O–H groups in total. The maximum Gasteiger partial charge on any atom is 0.156 e. The lowest BCUT2D eigenvalue weighted by Gasteiger charge is -2.20. The molecular weight excluding hydrogens is 194 g/mol. The SMILES string of the molecule is CCSC(NCC(C)C)OCC(C)C. The molecule has 0 aliphatic rings. The molecule has 0 aromatic rings. The van der Waals surface area contributed by atoms with E-state index in [0.717, 1.165) is 18.9 Å². The summed E-state index contributed by atoms with van der Waals surface area (Å²) in [5.74, 6) is 2.38. The Labute approximate surface area is 93.2 Å². The van der Waals surface area contributed by atoms with Crippen LogP contribution in [-0.2, 0) is 4.74 Å². The van der Waals surface area contributed by atoms with Crippen LogP contribution in [0.15, 0.2) is 0 Å². The molecule has 0 aliphatic carbocycles. The lowest BCUT2D eigenvalue weighted by molar-refractivity contribution is 0.0690. The molecule has 0 bridgehead atoms. The Bertz CT molecular complexity index is 116. The van der Waals surface area contributed by atoms with Crippen LogP contribution in [0.2, 0.25) is 0 Å². The molecule has 86 valence electrons. The molecule has 0 amide bonds. The van der Waals surface area contributed by atoms with Gasteiger partial charge in [-0.3, -0.25) is 5.32 Å². The van der Waals surface area contributed by atoms with Crippen LogP contribution in [0.25, 0.3) is 0 Å². The smallest absolute Gasteiger partial charge is 0.156 e. The molecule has 0 spiro atoms. The number of nitrogens with one attached hydrogen (secondary N) is 1. The van der Waals surface area contributed by atoms with E-state index in [2.05, 4.69) is 39.9 Å². The van der Waals surface area contributed by atoms with E-state index >= 15 is 0 Å². The average Bonchev–Trinajstić information content (AvgIpc) is 2.09. The van der Waals surface area contributed by atoms with Crippen molar-refractivity contribution in [2.75, 3.05) is 18.9 Å². The molecule has 0 saturated heterocycles. The molecule has 0 heterocycles. The molecule has 2 nitrogen and oxygen atoms in total. The Morgan fingerprint density at radius 1 is 1.14 bits per heavy atom. The normalized spacial score (nSPS) is 13.9. The van der Waals surface area contributed by atoms with Gasteiger partial charge in [0.05, 0.1) is 6.61 Å². The molecule has 1 unspecified atom stereocenters. The Kier molecular flexibility index (Phi) is 8.73. The van der Waals surface area contributed by atoms with E-state index in [1.165, 1.54) is 0 Å².